The van der Waals surface area contributed by atoms with Crippen molar-refractivity contribution in [2.24, 2.45) is 0 Å². The third kappa shape index (κ3) is 5.62. The zero-order chi connectivity index (χ0) is 21.7. The number of benzene rings is 2. The summed E-state index contributed by atoms with van der Waals surface area (Å²) in [4.78, 5) is 12.4. The lowest BCUT2D eigenvalue weighted by Crippen LogP contribution is -2.23. The Labute approximate surface area is 179 Å². The van der Waals surface area contributed by atoms with Gasteiger partial charge in [0, 0.05) is 12.1 Å². The molecule has 0 atom stereocenters. The lowest BCUT2D eigenvalue weighted by atomic mass is 10.1. The summed E-state index contributed by atoms with van der Waals surface area (Å²) in [5.41, 5.74) is 2.06. The molecule has 2 N–H and O–H groups in total. The van der Waals surface area contributed by atoms with E-state index in [1.54, 1.807) is 36.4 Å². The summed E-state index contributed by atoms with van der Waals surface area (Å²) in [6.07, 6.45) is 0.0623. The highest BCUT2D eigenvalue weighted by atomic mass is 32.2. The number of carbonyl (C=O) groups excluding carboxylic acids is 1. The Balaban J connectivity index is 1.62. The summed E-state index contributed by atoms with van der Waals surface area (Å²) in [6, 6.07) is 14.2. The van der Waals surface area contributed by atoms with E-state index in [1.165, 1.54) is 0 Å². The van der Waals surface area contributed by atoms with Crippen LogP contribution in [0.15, 0.2) is 52.9 Å². The summed E-state index contributed by atoms with van der Waals surface area (Å²) in [7, 11) is -3.86. The number of hydrogen-bond donors (Lipinski definition) is 2. The van der Waals surface area contributed by atoms with Crippen LogP contribution in [-0.4, -0.2) is 30.6 Å². The zero-order valence-electron chi connectivity index (χ0n) is 16.7. The SMILES string of the molecule is Cc1ccccc1C(=O)Nc1nnc(S(=O)(=O)NCc2ccc(OC(C)C)cc2)s1. The maximum Gasteiger partial charge on any atom is 0.270 e. The van der Waals surface area contributed by atoms with Gasteiger partial charge < -0.3 is 4.74 Å². The first kappa shape index (κ1) is 21.9. The smallest absolute Gasteiger partial charge is 0.270 e. The molecular formula is C20H22N4O4S2. The lowest BCUT2D eigenvalue weighted by Gasteiger charge is -2.10. The van der Waals surface area contributed by atoms with Gasteiger partial charge in [-0.25, -0.2) is 13.1 Å². The van der Waals surface area contributed by atoms with Gasteiger partial charge in [0.1, 0.15) is 5.75 Å². The molecule has 0 saturated heterocycles. The highest BCUT2D eigenvalue weighted by molar-refractivity contribution is 7.91. The van der Waals surface area contributed by atoms with Crippen molar-refractivity contribution in [3.05, 3.63) is 65.2 Å². The maximum absolute atomic E-state index is 12.5. The van der Waals surface area contributed by atoms with Crippen LogP contribution in [-0.2, 0) is 16.6 Å². The molecule has 10 heteroatoms. The molecule has 30 heavy (non-hydrogen) atoms. The molecule has 0 bridgehead atoms. The minimum absolute atomic E-state index is 0.0623. The molecule has 0 unspecified atom stereocenters. The molecule has 1 amide bonds. The van der Waals surface area contributed by atoms with E-state index >= 15 is 0 Å². The van der Waals surface area contributed by atoms with Gasteiger partial charge in [-0.2, -0.15) is 0 Å². The van der Waals surface area contributed by atoms with E-state index in [0.29, 0.717) is 5.56 Å². The number of anilines is 1. The van der Waals surface area contributed by atoms with Gasteiger partial charge in [0.25, 0.3) is 15.9 Å². The number of nitrogens with one attached hydrogen (secondary N) is 2. The molecule has 0 fully saturated rings. The first-order chi connectivity index (χ1) is 14.2. The first-order valence-corrected chi connectivity index (χ1v) is 11.5. The lowest BCUT2D eigenvalue weighted by molar-refractivity contribution is 0.102. The van der Waals surface area contributed by atoms with Gasteiger partial charge in [-0.1, -0.05) is 41.7 Å². The number of nitrogens with zero attached hydrogens (tertiary/aromatic N) is 2. The normalized spacial score (nSPS) is 11.5. The second-order valence-electron chi connectivity index (χ2n) is 6.78. The van der Waals surface area contributed by atoms with Crippen LogP contribution in [0.1, 0.15) is 35.3 Å². The predicted octanol–water partition coefficient (Wildman–Crippen LogP) is 3.36. The minimum Gasteiger partial charge on any atom is -0.491 e. The topological polar surface area (TPSA) is 110 Å². The summed E-state index contributed by atoms with van der Waals surface area (Å²) in [5.74, 6) is 0.347. The molecule has 1 aromatic heterocycles. The average Bonchev–Trinajstić information content (AvgIpc) is 3.17. The highest BCUT2D eigenvalue weighted by Gasteiger charge is 2.21. The number of sulfonamides is 1. The molecule has 3 rings (SSSR count). The van der Waals surface area contributed by atoms with Crippen LogP contribution in [0, 0.1) is 6.92 Å². The Morgan fingerprint density at radius 1 is 1.10 bits per heavy atom. The van der Waals surface area contributed by atoms with Crippen molar-refractivity contribution in [3.63, 3.8) is 0 Å². The molecular weight excluding hydrogens is 424 g/mol. The third-order valence-corrected chi connectivity index (χ3v) is 6.62. The van der Waals surface area contributed by atoms with E-state index in [-0.39, 0.29) is 28.0 Å². The molecule has 8 nitrogen and oxygen atoms in total. The van der Waals surface area contributed by atoms with E-state index in [4.69, 9.17) is 4.74 Å². The fourth-order valence-electron chi connectivity index (χ4n) is 2.56. The van der Waals surface area contributed by atoms with E-state index in [9.17, 15) is 13.2 Å². The number of hydrogen-bond acceptors (Lipinski definition) is 7. The van der Waals surface area contributed by atoms with Crippen LogP contribution in [0.25, 0.3) is 0 Å². The van der Waals surface area contributed by atoms with E-state index in [1.807, 2.05) is 32.9 Å². The summed E-state index contributed by atoms with van der Waals surface area (Å²) in [5, 5.41) is 10.2. The third-order valence-electron chi connectivity index (χ3n) is 4.01. The number of ether oxygens (including phenoxy) is 1. The van der Waals surface area contributed by atoms with Gasteiger partial charge >= 0.3 is 0 Å². The molecule has 3 aromatic rings. The first-order valence-electron chi connectivity index (χ1n) is 9.20. The van der Waals surface area contributed by atoms with Crippen LogP contribution in [0.2, 0.25) is 0 Å². The molecule has 0 saturated carbocycles. The van der Waals surface area contributed by atoms with Crippen LogP contribution >= 0.6 is 11.3 Å². The van der Waals surface area contributed by atoms with Crippen molar-refractivity contribution < 1.29 is 17.9 Å². The molecule has 158 valence electrons. The summed E-state index contributed by atoms with van der Waals surface area (Å²) < 4.78 is 32.8. The van der Waals surface area contributed by atoms with Crippen molar-refractivity contribution in [2.45, 2.75) is 37.8 Å². The van der Waals surface area contributed by atoms with Crippen LogP contribution in [0.3, 0.4) is 0 Å². The van der Waals surface area contributed by atoms with E-state index in [0.717, 1.165) is 28.2 Å². The maximum atomic E-state index is 12.5. The second-order valence-corrected chi connectivity index (χ2v) is 9.70. The molecule has 1 heterocycles. The fourth-order valence-corrected chi connectivity index (χ4v) is 4.51. The summed E-state index contributed by atoms with van der Waals surface area (Å²) in [6.45, 7) is 5.77. The molecule has 0 spiro atoms. The molecule has 0 aliphatic carbocycles. The van der Waals surface area contributed by atoms with Crippen molar-refractivity contribution in [2.75, 3.05) is 5.32 Å². The van der Waals surface area contributed by atoms with Gasteiger partial charge in [-0.3, -0.25) is 10.1 Å². The van der Waals surface area contributed by atoms with Gasteiger partial charge in [-0.15, -0.1) is 10.2 Å². The average molecular weight is 447 g/mol. The number of rotatable bonds is 8. The van der Waals surface area contributed by atoms with E-state index in [2.05, 4.69) is 20.2 Å². The molecule has 2 aromatic carbocycles. The standard InChI is InChI=1S/C20H22N4O4S2/c1-13(2)28-16-10-8-15(9-11-16)12-21-30(26,27)20-24-23-19(29-20)22-18(25)17-7-5-4-6-14(17)3/h4-11,13,21H,12H2,1-3H3,(H,22,23,25). The number of amides is 1. The van der Waals surface area contributed by atoms with Gasteiger partial charge in [-0.05, 0) is 50.1 Å². The number of carbonyl (C=O) groups is 1. The van der Waals surface area contributed by atoms with Crippen molar-refractivity contribution in [1.29, 1.82) is 0 Å². The quantitative estimate of drug-likeness (QED) is 0.514. The Morgan fingerprint density at radius 3 is 2.47 bits per heavy atom. The Morgan fingerprint density at radius 2 is 1.80 bits per heavy atom. The zero-order valence-corrected chi connectivity index (χ0v) is 18.4. The second kappa shape index (κ2) is 9.33. The molecule has 0 aliphatic heterocycles. The van der Waals surface area contributed by atoms with E-state index < -0.39 is 10.0 Å². The minimum atomic E-state index is -3.86. The molecule has 0 radical (unpaired) electrons. The van der Waals surface area contributed by atoms with Crippen LogP contribution in [0.4, 0.5) is 5.13 Å². The van der Waals surface area contributed by atoms with Crippen molar-refractivity contribution >= 4 is 32.4 Å². The summed E-state index contributed by atoms with van der Waals surface area (Å²) >= 11 is 0.788. The predicted molar refractivity (Wildman–Crippen MR) is 115 cm³/mol. The van der Waals surface area contributed by atoms with Crippen molar-refractivity contribution in [1.82, 2.24) is 14.9 Å². The Kier molecular flexibility index (Phi) is 6.80. The largest absolute Gasteiger partial charge is 0.491 e. The highest BCUT2D eigenvalue weighted by Crippen LogP contribution is 2.21. The number of aromatic nitrogens is 2. The monoisotopic (exact) mass is 446 g/mol. The Bertz CT molecular complexity index is 1130. The van der Waals surface area contributed by atoms with Crippen LogP contribution < -0.4 is 14.8 Å². The van der Waals surface area contributed by atoms with Gasteiger partial charge in [0.2, 0.25) is 9.47 Å². The van der Waals surface area contributed by atoms with Crippen molar-refractivity contribution in [3.8, 4) is 5.75 Å². The molecule has 0 aliphatic rings. The Hall–Kier alpha value is -2.82. The number of aryl methyl sites for hydroxylation is 1. The van der Waals surface area contributed by atoms with Crippen LogP contribution in [0.5, 0.6) is 5.75 Å². The van der Waals surface area contributed by atoms with Gasteiger partial charge in [0.15, 0.2) is 0 Å². The van der Waals surface area contributed by atoms with Gasteiger partial charge in [0.05, 0.1) is 6.10 Å². The fraction of sp³-hybridized carbons (Fsp3) is 0.250.